The molecular formula is C28H35N3O8S. The Morgan fingerprint density at radius 3 is 2.23 bits per heavy atom. The number of sulfonamides is 1. The lowest BCUT2D eigenvalue weighted by molar-refractivity contribution is 0.0260. The zero-order valence-corrected chi connectivity index (χ0v) is 24.4. The van der Waals surface area contributed by atoms with E-state index in [0.29, 0.717) is 46.7 Å². The zero-order valence-electron chi connectivity index (χ0n) is 23.6. The van der Waals surface area contributed by atoms with Crippen LogP contribution in [0.5, 0.6) is 28.7 Å². The van der Waals surface area contributed by atoms with Gasteiger partial charge in [-0.2, -0.15) is 4.31 Å². The quantitative estimate of drug-likeness (QED) is 0.397. The summed E-state index contributed by atoms with van der Waals surface area (Å²) in [4.78, 5) is 18.5. The van der Waals surface area contributed by atoms with Crippen LogP contribution < -0.4 is 18.9 Å². The van der Waals surface area contributed by atoms with Crippen LogP contribution >= 0.6 is 0 Å². The minimum Gasteiger partial charge on any atom is -0.493 e. The van der Waals surface area contributed by atoms with Gasteiger partial charge in [0.05, 0.1) is 32.4 Å². The molecule has 0 aliphatic carbocycles. The van der Waals surface area contributed by atoms with E-state index in [2.05, 4.69) is 4.98 Å². The third-order valence-corrected chi connectivity index (χ3v) is 8.24. The van der Waals surface area contributed by atoms with Crippen molar-refractivity contribution in [3.63, 3.8) is 0 Å². The Bertz CT molecular complexity index is 1460. The Labute approximate surface area is 234 Å². The summed E-state index contributed by atoms with van der Waals surface area (Å²) in [5, 5.41) is 0.982. The largest absolute Gasteiger partial charge is 0.493 e. The fourth-order valence-electron chi connectivity index (χ4n) is 4.49. The number of nitrogens with zero attached hydrogens (tertiary/aromatic N) is 3. The fraction of sp³-hybridized carbons (Fsp3) is 0.429. The minimum atomic E-state index is -3.97. The summed E-state index contributed by atoms with van der Waals surface area (Å²) >= 11 is 0. The maximum Gasteiger partial charge on any atom is 0.410 e. The van der Waals surface area contributed by atoms with Gasteiger partial charge in [0, 0.05) is 55.3 Å². The maximum atomic E-state index is 14.0. The van der Waals surface area contributed by atoms with E-state index in [4.69, 9.17) is 23.7 Å². The molecule has 1 saturated heterocycles. The summed E-state index contributed by atoms with van der Waals surface area (Å²) in [5.41, 5.74) is -0.638. The van der Waals surface area contributed by atoms with E-state index < -0.39 is 21.7 Å². The minimum absolute atomic E-state index is 0.0839. The smallest absolute Gasteiger partial charge is 0.410 e. The van der Waals surface area contributed by atoms with E-state index in [-0.39, 0.29) is 30.3 Å². The lowest BCUT2D eigenvalue weighted by Gasteiger charge is -2.26. The second-order valence-electron chi connectivity index (χ2n) is 10.2. The van der Waals surface area contributed by atoms with Gasteiger partial charge in [0.25, 0.3) is 0 Å². The predicted molar refractivity (Wildman–Crippen MR) is 149 cm³/mol. The van der Waals surface area contributed by atoms with Gasteiger partial charge in [0.15, 0.2) is 17.2 Å². The highest BCUT2D eigenvalue weighted by molar-refractivity contribution is 7.89. The second kappa shape index (κ2) is 11.8. The number of fused-ring (bicyclic) bond motifs is 1. The second-order valence-corrected chi connectivity index (χ2v) is 12.1. The van der Waals surface area contributed by atoms with Gasteiger partial charge in [0.1, 0.15) is 11.4 Å². The summed E-state index contributed by atoms with van der Waals surface area (Å²) in [7, 11) is 0.525. The van der Waals surface area contributed by atoms with Crippen molar-refractivity contribution in [2.45, 2.75) is 37.7 Å². The molecule has 2 aromatic carbocycles. The first-order chi connectivity index (χ1) is 19.0. The van der Waals surface area contributed by atoms with E-state index in [1.54, 1.807) is 62.2 Å². The van der Waals surface area contributed by atoms with Gasteiger partial charge < -0.3 is 28.6 Å². The molecule has 0 unspecified atom stereocenters. The number of methoxy groups -OCH3 is 3. The van der Waals surface area contributed by atoms with E-state index in [9.17, 15) is 13.2 Å². The van der Waals surface area contributed by atoms with Crippen LogP contribution in [0.25, 0.3) is 10.8 Å². The predicted octanol–water partition coefficient (Wildman–Crippen LogP) is 4.68. The summed E-state index contributed by atoms with van der Waals surface area (Å²) < 4.78 is 57.3. The lowest BCUT2D eigenvalue weighted by atomic mass is 10.1. The number of hydrogen-bond acceptors (Lipinski definition) is 9. The number of rotatable bonds is 7. The number of amides is 1. The molecule has 0 spiro atoms. The standard InChI is InChI=1S/C28H35N3O8S/c1-28(2,3)39-27(32)30-11-8-12-31(14-13-30)40(33,34)24-10-7-9-19-17-29-18-23(25(19)24)38-20-15-21(35-4)26(37-6)22(16-20)36-5/h7,9-10,15-18H,8,11-14H2,1-6H3. The third-order valence-electron chi connectivity index (χ3n) is 6.30. The van der Waals surface area contributed by atoms with Crippen LogP contribution in [-0.2, 0) is 14.8 Å². The van der Waals surface area contributed by atoms with Crippen molar-refractivity contribution in [2.75, 3.05) is 47.5 Å². The van der Waals surface area contributed by atoms with E-state index >= 15 is 0 Å². The van der Waals surface area contributed by atoms with Crippen molar-refractivity contribution < 1.29 is 36.9 Å². The number of hydrogen-bond donors (Lipinski definition) is 0. The highest BCUT2D eigenvalue weighted by Crippen LogP contribution is 2.43. The van der Waals surface area contributed by atoms with Crippen LogP contribution in [0.4, 0.5) is 4.79 Å². The molecule has 11 nitrogen and oxygen atoms in total. The van der Waals surface area contributed by atoms with Gasteiger partial charge in [-0.05, 0) is 33.3 Å². The average Bonchev–Trinajstić information content (AvgIpc) is 3.18. The summed E-state index contributed by atoms with van der Waals surface area (Å²) in [5.74, 6) is 1.77. The van der Waals surface area contributed by atoms with E-state index in [1.807, 2.05) is 0 Å². The molecule has 2 heterocycles. The Morgan fingerprint density at radius 1 is 0.900 bits per heavy atom. The van der Waals surface area contributed by atoms with Crippen molar-refractivity contribution in [3.8, 4) is 28.7 Å². The molecule has 1 aromatic heterocycles. The molecule has 3 aromatic rings. The molecular weight excluding hydrogens is 538 g/mol. The first-order valence-corrected chi connectivity index (χ1v) is 14.2. The maximum absolute atomic E-state index is 14.0. The first-order valence-electron chi connectivity index (χ1n) is 12.8. The highest BCUT2D eigenvalue weighted by Gasteiger charge is 2.32. The fourth-order valence-corrected chi connectivity index (χ4v) is 6.18. The molecule has 1 amide bonds. The normalized spacial score (nSPS) is 14.9. The molecule has 0 bridgehead atoms. The van der Waals surface area contributed by atoms with Gasteiger partial charge in [-0.25, -0.2) is 13.2 Å². The third kappa shape index (κ3) is 6.18. The van der Waals surface area contributed by atoms with Crippen LogP contribution in [0.15, 0.2) is 47.6 Å². The first kappa shape index (κ1) is 29.2. The van der Waals surface area contributed by atoms with Crippen LogP contribution in [-0.4, -0.2) is 81.8 Å². The average molecular weight is 574 g/mol. The number of benzene rings is 2. The van der Waals surface area contributed by atoms with Gasteiger partial charge in [-0.1, -0.05) is 12.1 Å². The molecule has 0 radical (unpaired) electrons. The molecule has 1 fully saturated rings. The Morgan fingerprint density at radius 2 is 1.60 bits per heavy atom. The molecule has 1 aliphatic rings. The molecule has 12 heteroatoms. The molecule has 0 saturated carbocycles. The molecule has 1 aliphatic heterocycles. The summed E-state index contributed by atoms with van der Waals surface area (Å²) in [6.45, 7) is 6.40. The number of carbonyl (C=O) groups excluding carboxylic acids is 1. The number of ether oxygens (including phenoxy) is 5. The van der Waals surface area contributed by atoms with E-state index in [0.717, 1.165) is 0 Å². The monoisotopic (exact) mass is 573 g/mol. The van der Waals surface area contributed by atoms with Gasteiger partial charge >= 0.3 is 6.09 Å². The van der Waals surface area contributed by atoms with Crippen molar-refractivity contribution in [2.24, 2.45) is 0 Å². The highest BCUT2D eigenvalue weighted by atomic mass is 32.2. The zero-order chi connectivity index (χ0) is 29.1. The Hall–Kier alpha value is -3.77. The molecule has 216 valence electrons. The van der Waals surface area contributed by atoms with Crippen LogP contribution in [0.1, 0.15) is 27.2 Å². The lowest BCUT2D eigenvalue weighted by Crippen LogP contribution is -2.40. The molecule has 4 rings (SSSR count). The van der Waals surface area contributed by atoms with Crippen LogP contribution in [0.3, 0.4) is 0 Å². The molecule has 0 N–H and O–H groups in total. The molecule has 0 atom stereocenters. The van der Waals surface area contributed by atoms with Crippen LogP contribution in [0.2, 0.25) is 0 Å². The number of carbonyl (C=O) groups is 1. The Kier molecular flexibility index (Phi) is 8.59. The van der Waals surface area contributed by atoms with Crippen LogP contribution in [0, 0.1) is 0 Å². The SMILES string of the molecule is COc1cc(Oc2cncc3cccc(S(=O)(=O)N4CCCN(C(=O)OC(C)(C)C)CC4)c23)cc(OC)c1OC. The number of aromatic nitrogens is 1. The van der Waals surface area contributed by atoms with Crippen molar-refractivity contribution >= 4 is 26.9 Å². The van der Waals surface area contributed by atoms with Crippen molar-refractivity contribution in [1.29, 1.82) is 0 Å². The Balaban J connectivity index is 1.69. The summed E-state index contributed by atoms with van der Waals surface area (Å²) in [6.07, 6.45) is 3.07. The summed E-state index contributed by atoms with van der Waals surface area (Å²) in [6, 6.07) is 8.24. The van der Waals surface area contributed by atoms with Gasteiger partial charge in [-0.3, -0.25) is 4.98 Å². The topological polar surface area (TPSA) is 117 Å². The molecule has 40 heavy (non-hydrogen) atoms. The van der Waals surface area contributed by atoms with Crippen molar-refractivity contribution in [3.05, 3.63) is 42.7 Å². The number of pyridine rings is 1. The van der Waals surface area contributed by atoms with E-state index in [1.165, 1.54) is 31.8 Å². The van der Waals surface area contributed by atoms with Gasteiger partial charge in [-0.15, -0.1) is 0 Å². The van der Waals surface area contributed by atoms with Gasteiger partial charge in [0.2, 0.25) is 15.8 Å². The van der Waals surface area contributed by atoms with Crippen molar-refractivity contribution in [1.82, 2.24) is 14.2 Å².